The van der Waals surface area contributed by atoms with Crippen LogP contribution in [0.1, 0.15) is 10.4 Å². The molecule has 1 N–H and O–H groups in total. The van der Waals surface area contributed by atoms with E-state index < -0.39 is 17.9 Å². The van der Waals surface area contributed by atoms with Gasteiger partial charge in [-0.2, -0.15) is 0 Å². The third-order valence-electron chi connectivity index (χ3n) is 3.81. The van der Waals surface area contributed by atoms with Gasteiger partial charge in [-0.1, -0.05) is 18.2 Å². The number of rotatable bonds is 6. The Balaban J connectivity index is 1.85. The van der Waals surface area contributed by atoms with E-state index in [4.69, 9.17) is 4.74 Å². The Hall–Kier alpha value is -3.26. The van der Waals surface area contributed by atoms with E-state index in [1.165, 1.54) is 20.4 Å². The number of hydrogen-bond donors (Lipinski definition) is 1. The van der Waals surface area contributed by atoms with Crippen molar-refractivity contribution in [3.05, 3.63) is 54.5 Å². The molecular weight excluding hydrogens is 336 g/mol. The van der Waals surface area contributed by atoms with Gasteiger partial charge in [-0.25, -0.2) is 14.8 Å². The first-order chi connectivity index (χ1) is 12.6. The summed E-state index contributed by atoms with van der Waals surface area (Å²) in [7, 11) is 2.69. The van der Waals surface area contributed by atoms with Gasteiger partial charge in [0.2, 0.25) is 0 Å². The lowest BCUT2D eigenvalue weighted by molar-refractivity contribution is -0.144. The zero-order chi connectivity index (χ0) is 18.5. The Labute approximate surface area is 149 Å². The number of hydrogen-bond acceptors (Lipinski definition) is 6. The standard InChI is InChI=1S/C18H18N4O4/c1-25-10-15(18(24)26-2)21-17(23)12-8-14-16(19-9-12)22(11-20-14)13-6-4-3-5-7-13/h3-9,11,15H,10H2,1-2H3,(H,21,23)/t15-/m1/s1. The molecule has 0 aliphatic rings. The fraction of sp³-hybridized carbons (Fsp3) is 0.222. The molecule has 0 aliphatic heterocycles. The first-order valence-corrected chi connectivity index (χ1v) is 7.90. The minimum atomic E-state index is -0.893. The van der Waals surface area contributed by atoms with Crippen LogP contribution in [0.25, 0.3) is 16.9 Å². The highest BCUT2D eigenvalue weighted by molar-refractivity contribution is 5.98. The monoisotopic (exact) mass is 354 g/mol. The lowest BCUT2D eigenvalue weighted by Crippen LogP contribution is -2.44. The van der Waals surface area contributed by atoms with Crippen LogP contribution in [-0.4, -0.2) is 53.3 Å². The second kappa shape index (κ2) is 7.75. The quantitative estimate of drug-likeness (QED) is 0.671. The Bertz CT molecular complexity index is 923. The summed E-state index contributed by atoms with van der Waals surface area (Å²) in [5.41, 5.74) is 2.42. The highest BCUT2D eigenvalue weighted by atomic mass is 16.5. The SMILES string of the molecule is COC[C@@H](NC(=O)c1cnc2c(c1)ncn2-c1ccccc1)C(=O)OC. The lowest BCUT2D eigenvalue weighted by atomic mass is 10.2. The smallest absolute Gasteiger partial charge is 0.330 e. The molecule has 0 spiro atoms. The topological polar surface area (TPSA) is 95.3 Å². The summed E-state index contributed by atoms with van der Waals surface area (Å²) in [6.07, 6.45) is 3.09. The van der Waals surface area contributed by atoms with Gasteiger partial charge in [-0.15, -0.1) is 0 Å². The van der Waals surface area contributed by atoms with Crippen LogP contribution in [0.5, 0.6) is 0 Å². The van der Waals surface area contributed by atoms with Crippen LogP contribution in [0.15, 0.2) is 48.9 Å². The molecule has 2 aromatic heterocycles. The Morgan fingerprint density at radius 2 is 1.96 bits per heavy atom. The van der Waals surface area contributed by atoms with Crippen LogP contribution in [0.4, 0.5) is 0 Å². The molecule has 1 atom stereocenters. The largest absolute Gasteiger partial charge is 0.467 e. The van der Waals surface area contributed by atoms with Crippen molar-refractivity contribution in [2.45, 2.75) is 6.04 Å². The number of nitrogens with one attached hydrogen (secondary N) is 1. The first kappa shape index (κ1) is 17.6. The maximum atomic E-state index is 12.4. The minimum Gasteiger partial charge on any atom is -0.467 e. The summed E-state index contributed by atoms with van der Waals surface area (Å²) in [4.78, 5) is 32.8. The second-order valence-corrected chi connectivity index (χ2v) is 5.52. The summed E-state index contributed by atoms with van der Waals surface area (Å²) in [5.74, 6) is -1.04. The van der Waals surface area contributed by atoms with Crippen LogP contribution in [-0.2, 0) is 14.3 Å². The predicted octanol–water partition coefficient (Wildman–Crippen LogP) is 1.34. The summed E-state index contributed by atoms with van der Waals surface area (Å²) in [6.45, 7) is 0.0106. The summed E-state index contributed by atoms with van der Waals surface area (Å²) < 4.78 is 11.4. The van der Waals surface area contributed by atoms with Crippen LogP contribution < -0.4 is 5.32 Å². The zero-order valence-corrected chi connectivity index (χ0v) is 14.4. The van der Waals surface area contributed by atoms with E-state index in [9.17, 15) is 9.59 Å². The number of carbonyl (C=O) groups is 2. The molecular formula is C18H18N4O4. The summed E-state index contributed by atoms with van der Waals surface area (Å²) >= 11 is 0. The molecule has 134 valence electrons. The molecule has 0 saturated carbocycles. The van der Waals surface area contributed by atoms with E-state index in [2.05, 4.69) is 20.0 Å². The number of amides is 1. The first-order valence-electron chi connectivity index (χ1n) is 7.90. The molecule has 0 bridgehead atoms. The van der Waals surface area contributed by atoms with Gasteiger partial charge in [0.15, 0.2) is 11.7 Å². The van der Waals surface area contributed by atoms with Gasteiger partial charge in [-0.05, 0) is 18.2 Å². The van der Waals surface area contributed by atoms with Crippen molar-refractivity contribution >= 4 is 23.0 Å². The molecule has 0 aliphatic carbocycles. The Morgan fingerprint density at radius 3 is 2.65 bits per heavy atom. The fourth-order valence-corrected chi connectivity index (χ4v) is 2.52. The lowest BCUT2D eigenvalue weighted by Gasteiger charge is -2.15. The van der Waals surface area contributed by atoms with Gasteiger partial charge in [0, 0.05) is 19.0 Å². The number of para-hydroxylation sites is 1. The molecule has 0 unspecified atom stereocenters. The molecule has 0 saturated heterocycles. The van der Waals surface area contributed by atoms with Gasteiger partial charge in [0.25, 0.3) is 5.91 Å². The number of carbonyl (C=O) groups excluding carboxylic acids is 2. The molecule has 1 amide bonds. The molecule has 0 radical (unpaired) electrons. The number of nitrogens with zero attached hydrogens (tertiary/aromatic N) is 3. The normalized spacial score (nSPS) is 11.9. The average Bonchev–Trinajstić information content (AvgIpc) is 3.10. The predicted molar refractivity (Wildman–Crippen MR) is 94.0 cm³/mol. The molecule has 26 heavy (non-hydrogen) atoms. The minimum absolute atomic E-state index is 0.0106. The number of ether oxygens (including phenoxy) is 2. The average molecular weight is 354 g/mol. The number of methoxy groups -OCH3 is 2. The number of aromatic nitrogens is 3. The van der Waals surface area contributed by atoms with E-state index in [1.54, 1.807) is 12.4 Å². The molecule has 3 aromatic rings. The molecule has 3 rings (SSSR count). The van der Waals surface area contributed by atoms with Crippen molar-refractivity contribution in [1.29, 1.82) is 0 Å². The van der Waals surface area contributed by atoms with Gasteiger partial charge in [0.05, 0.1) is 19.3 Å². The van der Waals surface area contributed by atoms with Crippen molar-refractivity contribution in [2.75, 3.05) is 20.8 Å². The maximum absolute atomic E-state index is 12.4. The third-order valence-corrected chi connectivity index (χ3v) is 3.81. The van der Waals surface area contributed by atoms with E-state index >= 15 is 0 Å². The second-order valence-electron chi connectivity index (χ2n) is 5.52. The highest BCUT2D eigenvalue weighted by Crippen LogP contribution is 2.17. The highest BCUT2D eigenvalue weighted by Gasteiger charge is 2.22. The zero-order valence-electron chi connectivity index (χ0n) is 14.4. The summed E-state index contributed by atoms with van der Waals surface area (Å²) in [5, 5.41) is 2.58. The van der Waals surface area contributed by atoms with E-state index in [0.29, 0.717) is 16.7 Å². The van der Waals surface area contributed by atoms with Crippen LogP contribution in [0.3, 0.4) is 0 Å². The Kier molecular flexibility index (Phi) is 5.23. The van der Waals surface area contributed by atoms with Crippen molar-refractivity contribution in [3.63, 3.8) is 0 Å². The van der Waals surface area contributed by atoms with Crippen molar-refractivity contribution in [3.8, 4) is 5.69 Å². The van der Waals surface area contributed by atoms with E-state index in [0.717, 1.165) is 5.69 Å². The fourth-order valence-electron chi connectivity index (χ4n) is 2.52. The van der Waals surface area contributed by atoms with Gasteiger partial charge in [-0.3, -0.25) is 9.36 Å². The third kappa shape index (κ3) is 3.55. The molecule has 8 heteroatoms. The number of pyridine rings is 1. The molecule has 1 aromatic carbocycles. The van der Waals surface area contributed by atoms with Gasteiger partial charge >= 0.3 is 5.97 Å². The molecule has 0 fully saturated rings. The van der Waals surface area contributed by atoms with Crippen LogP contribution >= 0.6 is 0 Å². The van der Waals surface area contributed by atoms with E-state index in [1.807, 2.05) is 34.9 Å². The number of benzene rings is 1. The number of imidazole rings is 1. The van der Waals surface area contributed by atoms with Gasteiger partial charge < -0.3 is 14.8 Å². The van der Waals surface area contributed by atoms with Crippen molar-refractivity contribution in [1.82, 2.24) is 19.9 Å². The van der Waals surface area contributed by atoms with Crippen LogP contribution in [0, 0.1) is 0 Å². The summed E-state index contributed by atoms with van der Waals surface area (Å²) in [6, 6.07) is 10.4. The van der Waals surface area contributed by atoms with E-state index in [-0.39, 0.29) is 6.61 Å². The molecule has 8 nitrogen and oxygen atoms in total. The number of esters is 1. The molecule has 2 heterocycles. The van der Waals surface area contributed by atoms with Crippen molar-refractivity contribution in [2.24, 2.45) is 0 Å². The Morgan fingerprint density at radius 1 is 1.19 bits per heavy atom. The van der Waals surface area contributed by atoms with Gasteiger partial charge in [0.1, 0.15) is 11.8 Å². The number of fused-ring (bicyclic) bond motifs is 1. The van der Waals surface area contributed by atoms with Crippen LogP contribution in [0.2, 0.25) is 0 Å². The maximum Gasteiger partial charge on any atom is 0.330 e. The van der Waals surface area contributed by atoms with Crippen molar-refractivity contribution < 1.29 is 19.1 Å².